The van der Waals surface area contributed by atoms with Crippen molar-refractivity contribution in [1.29, 1.82) is 0 Å². The predicted octanol–water partition coefficient (Wildman–Crippen LogP) is 2.90. The fraction of sp³-hybridized carbons (Fsp3) is 0.200. The molecule has 1 aromatic carbocycles. The van der Waals surface area contributed by atoms with Gasteiger partial charge in [0.2, 0.25) is 5.91 Å². The van der Waals surface area contributed by atoms with Crippen LogP contribution in [-0.4, -0.2) is 29.3 Å². The summed E-state index contributed by atoms with van der Waals surface area (Å²) in [5, 5.41) is 13.9. The third-order valence-corrected chi connectivity index (χ3v) is 4.76. The average molecular weight is 321 g/mol. The molecular formula is C15H15NO3S2. The largest absolute Gasteiger partial charge is 0.478 e. The molecule has 0 fully saturated rings. The van der Waals surface area contributed by atoms with Gasteiger partial charge in [0, 0.05) is 16.3 Å². The average Bonchev–Trinajstić information content (AvgIpc) is 2.98. The number of carbonyl (C=O) groups is 2. The topological polar surface area (TPSA) is 66.4 Å². The Hall–Kier alpha value is -1.79. The summed E-state index contributed by atoms with van der Waals surface area (Å²) in [6.45, 7) is 0.598. The molecule has 0 radical (unpaired) electrons. The molecule has 110 valence electrons. The Labute approximate surface area is 131 Å². The van der Waals surface area contributed by atoms with E-state index in [-0.39, 0.29) is 17.2 Å². The van der Waals surface area contributed by atoms with Crippen LogP contribution in [-0.2, 0) is 11.2 Å². The van der Waals surface area contributed by atoms with Crippen LogP contribution in [0.25, 0.3) is 0 Å². The summed E-state index contributed by atoms with van der Waals surface area (Å²) < 4.78 is 0. The molecule has 0 aliphatic heterocycles. The van der Waals surface area contributed by atoms with Gasteiger partial charge in [-0.1, -0.05) is 18.2 Å². The van der Waals surface area contributed by atoms with E-state index in [0.29, 0.717) is 11.4 Å². The van der Waals surface area contributed by atoms with Crippen molar-refractivity contribution in [2.45, 2.75) is 11.3 Å². The predicted molar refractivity (Wildman–Crippen MR) is 85.2 cm³/mol. The van der Waals surface area contributed by atoms with Gasteiger partial charge in [0.25, 0.3) is 0 Å². The van der Waals surface area contributed by atoms with Gasteiger partial charge in [0.05, 0.1) is 11.3 Å². The van der Waals surface area contributed by atoms with Gasteiger partial charge >= 0.3 is 5.97 Å². The number of hydrogen-bond donors (Lipinski definition) is 2. The van der Waals surface area contributed by atoms with Crippen molar-refractivity contribution in [2.24, 2.45) is 0 Å². The number of nitrogens with one attached hydrogen (secondary N) is 1. The lowest BCUT2D eigenvalue weighted by atomic mass is 10.2. The van der Waals surface area contributed by atoms with E-state index in [1.54, 1.807) is 35.6 Å². The van der Waals surface area contributed by atoms with Crippen LogP contribution in [0, 0.1) is 0 Å². The molecule has 2 N–H and O–H groups in total. The molecule has 1 heterocycles. The Kier molecular flexibility index (Phi) is 5.83. The van der Waals surface area contributed by atoms with E-state index < -0.39 is 5.97 Å². The zero-order valence-corrected chi connectivity index (χ0v) is 12.9. The summed E-state index contributed by atoms with van der Waals surface area (Å²) in [7, 11) is 0. The number of rotatable bonds is 7. The number of carboxylic acids is 1. The highest BCUT2D eigenvalue weighted by atomic mass is 32.2. The zero-order valence-electron chi connectivity index (χ0n) is 11.2. The van der Waals surface area contributed by atoms with Gasteiger partial charge < -0.3 is 10.4 Å². The van der Waals surface area contributed by atoms with Crippen LogP contribution < -0.4 is 5.32 Å². The molecule has 0 atom stereocenters. The molecule has 1 aromatic heterocycles. The molecule has 1 amide bonds. The molecule has 21 heavy (non-hydrogen) atoms. The van der Waals surface area contributed by atoms with Crippen LogP contribution in [0.2, 0.25) is 0 Å². The number of carbonyl (C=O) groups excluding carboxylic acids is 1. The lowest BCUT2D eigenvalue weighted by Gasteiger charge is -2.06. The second-order valence-corrected chi connectivity index (χ2v) is 6.32. The minimum absolute atomic E-state index is 0.0863. The monoisotopic (exact) mass is 321 g/mol. The van der Waals surface area contributed by atoms with Crippen molar-refractivity contribution < 1.29 is 14.7 Å². The fourth-order valence-corrected chi connectivity index (χ4v) is 3.33. The molecule has 0 saturated heterocycles. The summed E-state index contributed by atoms with van der Waals surface area (Å²) in [4.78, 5) is 24.7. The second kappa shape index (κ2) is 7.85. The van der Waals surface area contributed by atoms with E-state index in [2.05, 4.69) is 5.32 Å². The molecule has 2 rings (SSSR count). The Morgan fingerprint density at radius 2 is 2.00 bits per heavy atom. The second-order valence-electron chi connectivity index (χ2n) is 4.27. The van der Waals surface area contributed by atoms with Crippen molar-refractivity contribution in [1.82, 2.24) is 5.32 Å². The van der Waals surface area contributed by atoms with Crippen molar-refractivity contribution >= 4 is 35.0 Å². The van der Waals surface area contributed by atoms with Gasteiger partial charge in [0.1, 0.15) is 0 Å². The Morgan fingerprint density at radius 1 is 1.19 bits per heavy atom. The minimum Gasteiger partial charge on any atom is -0.478 e. The Bertz CT molecular complexity index is 611. The Morgan fingerprint density at radius 3 is 2.71 bits per heavy atom. The third kappa shape index (κ3) is 4.91. The van der Waals surface area contributed by atoms with E-state index in [9.17, 15) is 9.59 Å². The van der Waals surface area contributed by atoms with Crippen molar-refractivity contribution in [3.8, 4) is 0 Å². The summed E-state index contributed by atoms with van der Waals surface area (Å²) in [5.41, 5.74) is 0.230. The third-order valence-electron chi connectivity index (χ3n) is 2.75. The van der Waals surface area contributed by atoms with Crippen LogP contribution in [0.4, 0.5) is 0 Å². The minimum atomic E-state index is -0.976. The maximum absolute atomic E-state index is 11.8. The standard InChI is InChI=1S/C15H15NO3S2/c17-14(16-8-7-11-4-3-9-20-11)10-21-13-6-2-1-5-12(13)15(18)19/h1-6,9H,7-8,10H2,(H,16,17)(H,18,19). The van der Waals surface area contributed by atoms with Crippen molar-refractivity contribution in [3.05, 3.63) is 52.2 Å². The number of thioether (sulfide) groups is 1. The highest BCUT2D eigenvalue weighted by molar-refractivity contribution is 8.00. The molecular weight excluding hydrogens is 306 g/mol. The van der Waals surface area contributed by atoms with E-state index in [1.807, 2.05) is 17.5 Å². The summed E-state index contributed by atoms with van der Waals surface area (Å²) in [5.74, 6) is -0.845. The van der Waals surface area contributed by atoms with Crippen LogP contribution >= 0.6 is 23.1 Å². The van der Waals surface area contributed by atoms with Crippen LogP contribution in [0.5, 0.6) is 0 Å². The number of benzene rings is 1. The molecule has 2 aromatic rings. The number of aromatic carboxylic acids is 1. The number of amides is 1. The van der Waals surface area contributed by atoms with E-state index in [1.165, 1.54) is 16.6 Å². The molecule has 0 aliphatic rings. The van der Waals surface area contributed by atoms with Crippen molar-refractivity contribution in [2.75, 3.05) is 12.3 Å². The molecule has 0 aliphatic carbocycles. The first-order valence-electron chi connectivity index (χ1n) is 6.41. The normalized spacial score (nSPS) is 10.3. The SMILES string of the molecule is O=C(CSc1ccccc1C(=O)O)NCCc1cccs1. The number of hydrogen-bond acceptors (Lipinski definition) is 4. The molecule has 0 bridgehead atoms. The van der Waals surface area contributed by atoms with E-state index in [4.69, 9.17) is 5.11 Å². The van der Waals surface area contributed by atoms with Gasteiger partial charge in [-0.25, -0.2) is 4.79 Å². The quantitative estimate of drug-likeness (QED) is 0.770. The first kappa shape index (κ1) is 15.6. The highest BCUT2D eigenvalue weighted by Gasteiger charge is 2.11. The van der Waals surface area contributed by atoms with Gasteiger partial charge in [-0.15, -0.1) is 23.1 Å². The molecule has 0 saturated carbocycles. The smallest absolute Gasteiger partial charge is 0.336 e. The Balaban J connectivity index is 1.77. The lowest BCUT2D eigenvalue weighted by molar-refractivity contribution is -0.118. The molecule has 4 nitrogen and oxygen atoms in total. The van der Waals surface area contributed by atoms with Gasteiger partial charge in [-0.3, -0.25) is 4.79 Å². The maximum atomic E-state index is 11.8. The molecule has 0 unspecified atom stereocenters. The first-order valence-corrected chi connectivity index (χ1v) is 8.27. The number of carboxylic acid groups (broad SMARTS) is 1. The fourth-order valence-electron chi connectivity index (χ4n) is 1.74. The van der Waals surface area contributed by atoms with Gasteiger partial charge in [-0.2, -0.15) is 0 Å². The highest BCUT2D eigenvalue weighted by Crippen LogP contribution is 2.22. The van der Waals surface area contributed by atoms with Gasteiger partial charge in [-0.05, 0) is 30.0 Å². The summed E-state index contributed by atoms with van der Waals surface area (Å²) in [6.07, 6.45) is 0.819. The number of thiophene rings is 1. The van der Waals surface area contributed by atoms with Crippen molar-refractivity contribution in [3.63, 3.8) is 0 Å². The maximum Gasteiger partial charge on any atom is 0.336 e. The summed E-state index contributed by atoms with van der Waals surface area (Å²) >= 11 is 2.91. The van der Waals surface area contributed by atoms with Crippen LogP contribution in [0.3, 0.4) is 0 Å². The summed E-state index contributed by atoms with van der Waals surface area (Å²) in [6, 6.07) is 10.7. The van der Waals surface area contributed by atoms with E-state index >= 15 is 0 Å². The first-order chi connectivity index (χ1) is 10.2. The van der Waals surface area contributed by atoms with Crippen LogP contribution in [0.15, 0.2) is 46.7 Å². The van der Waals surface area contributed by atoms with E-state index in [0.717, 1.165) is 6.42 Å². The molecule has 0 spiro atoms. The van der Waals surface area contributed by atoms with Crippen LogP contribution in [0.1, 0.15) is 15.2 Å². The zero-order chi connectivity index (χ0) is 15.1. The van der Waals surface area contributed by atoms with Gasteiger partial charge in [0.15, 0.2) is 0 Å². The lowest BCUT2D eigenvalue weighted by Crippen LogP contribution is -2.27. The molecule has 6 heteroatoms.